The van der Waals surface area contributed by atoms with E-state index in [1.54, 1.807) is 6.92 Å². The zero-order valence-electron chi connectivity index (χ0n) is 14.0. The molecule has 1 fully saturated rings. The molecular weight excluding hydrogens is 326 g/mol. The number of hydrogen-bond donors (Lipinski definition) is 1. The second kappa shape index (κ2) is 5.93. The predicted molar refractivity (Wildman–Crippen MR) is 88.6 cm³/mol. The summed E-state index contributed by atoms with van der Waals surface area (Å²) in [6, 6.07) is 0. The van der Waals surface area contributed by atoms with Crippen molar-refractivity contribution < 1.29 is 9.32 Å². The number of nitrogens with one attached hydrogen (secondary N) is 1. The second-order valence-electron chi connectivity index (χ2n) is 6.69. The standard InChI is InChI=1S/C16H21N5O2S/c1-10(22)19-16(15-17-11(2)23-20-15)6-7-21(9-16)8-14-18-12-4-3-5-13(12)24-14/h3-9H2,1-2H3,(H,19,22)/t16-/m1/s1. The van der Waals surface area contributed by atoms with Crippen LogP contribution in [0.25, 0.3) is 0 Å². The maximum absolute atomic E-state index is 11.7. The zero-order chi connectivity index (χ0) is 16.7. The van der Waals surface area contributed by atoms with E-state index in [1.165, 1.54) is 35.3 Å². The number of thiazole rings is 1. The van der Waals surface area contributed by atoms with Gasteiger partial charge in [-0.3, -0.25) is 9.69 Å². The van der Waals surface area contributed by atoms with Crippen molar-refractivity contribution >= 4 is 17.2 Å². The maximum atomic E-state index is 11.7. The van der Waals surface area contributed by atoms with Gasteiger partial charge in [0, 0.05) is 31.8 Å². The molecule has 1 N–H and O–H groups in total. The predicted octanol–water partition coefficient (Wildman–Crippen LogP) is 1.56. The van der Waals surface area contributed by atoms with Gasteiger partial charge in [-0.15, -0.1) is 11.3 Å². The lowest BCUT2D eigenvalue weighted by Gasteiger charge is -2.26. The first kappa shape index (κ1) is 15.7. The van der Waals surface area contributed by atoms with Crippen LogP contribution < -0.4 is 5.32 Å². The Balaban J connectivity index is 1.52. The zero-order valence-corrected chi connectivity index (χ0v) is 14.8. The Labute approximate surface area is 144 Å². The molecule has 0 unspecified atom stereocenters. The van der Waals surface area contributed by atoms with Gasteiger partial charge in [-0.1, -0.05) is 5.16 Å². The van der Waals surface area contributed by atoms with E-state index in [1.807, 2.05) is 11.3 Å². The first-order valence-corrected chi connectivity index (χ1v) is 9.15. The highest BCUT2D eigenvalue weighted by Crippen LogP contribution is 2.33. The number of rotatable bonds is 4. The molecule has 8 heteroatoms. The molecule has 7 nitrogen and oxygen atoms in total. The van der Waals surface area contributed by atoms with Crippen molar-refractivity contribution in [3.05, 3.63) is 27.3 Å². The average Bonchev–Trinajstić information content (AvgIpc) is 3.23. The third-order valence-electron chi connectivity index (χ3n) is 4.72. The number of amides is 1. The van der Waals surface area contributed by atoms with Gasteiger partial charge in [0.15, 0.2) is 5.82 Å². The van der Waals surface area contributed by atoms with E-state index in [-0.39, 0.29) is 5.91 Å². The van der Waals surface area contributed by atoms with E-state index < -0.39 is 5.54 Å². The molecule has 4 rings (SSSR count). The monoisotopic (exact) mass is 347 g/mol. The summed E-state index contributed by atoms with van der Waals surface area (Å²) in [7, 11) is 0. The smallest absolute Gasteiger partial charge is 0.223 e. The molecule has 1 aliphatic carbocycles. The van der Waals surface area contributed by atoms with E-state index in [0.29, 0.717) is 18.3 Å². The lowest BCUT2D eigenvalue weighted by molar-refractivity contribution is -0.121. The fourth-order valence-electron chi connectivity index (χ4n) is 3.70. The highest BCUT2D eigenvalue weighted by Gasteiger charge is 2.44. The largest absolute Gasteiger partial charge is 0.342 e. The molecule has 128 valence electrons. The molecule has 0 spiro atoms. The van der Waals surface area contributed by atoms with Crippen LogP contribution in [-0.4, -0.2) is 39.0 Å². The van der Waals surface area contributed by atoms with Gasteiger partial charge in [-0.2, -0.15) is 4.98 Å². The number of aryl methyl sites for hydroxylation is 3. The Morgan fingerprint density at radius 3 is 3.00 bits per heavy atom. The SMILES string of the molecule is CC(=O)N[C@]1(c2noc(C)n2)CCN(Cc2nc3c(s2)CCC3)C1. The minimum atomic E-state index is -0.566. The average molecular weight is 347 g/mol. The topological polar surface area (TPSA) is 84.2 Å². The van der Waals surface area contributed by atoms with Gasteiger partial charge in [-0.25, -0.2) is 4.98 Å². The molecule has 0 bridgehead atoms. The fraction of sp³-hybridized carbons (Fsp3) is 0.625. The second-order valence-corrected chi connectivity index (χ2v) is 7.86. The molecule has 0 saturated carbocycles. The summed E-state index contributed by atoms with van der Waals surface area (Å²) in [5.74, 6) is 1.01. The molecule has 3 heterocycles. The molecular formula is C16H21N5O2S. The molecule has 1 atom stereocenters. The summed E-state index contributed by atoms with van der Waals surface area (Å²) in [5, 5.41) is 8.29. The van der Waals surface area contributed by atoms with E-state index >= 15 is 0 Å². The van der Waals surface area contributed by atoms with Gasteiger partial charge in [-0.05, 0) is 25.7 Å². The van der Waals surface area contributed by atoms with Crippen molar-refractivity contribution in [1.29, 1.82) is 0 Å². The van der Waals surface area contributed by atoms with Crippen molar-refractivity contribution in [2.75, 3.05) is 13.1 Å². The number of likely N-dealkylation sites (tertiary alicyclic amines) is 1. The first-order valence-electron chi connectivity index (χ1n) is 8.33. The van der Waals surface area contributed by atoms with Crippen LogP contribution in [0.4, 0.5) is 0 Å². The van der Waals surface area contributed by atoms with Crippen LogP contribution in [-0.2, 0) is 29.7 Å². The van der Waals surface area contributed by atoms with E-state index in [2.05, 4.69) is 20.4 Å². The molecule has 2 aromatic rings. The quantitative estimate of drug-likeness (QED) is 0.904. The highest BCUT2D eigenvalue weighted by molar-refractivity contribution is 7.11. The lowest BCUT2D eigenvalue weighted by atomic mass is 9.97. The number of carbonyl (C=O) groups excluding carboxylic acids is 1. The molecule has 2 aromatic heterocycles. The number of aromatic nitrogens is 3. The minimum Gasteiger partial charge on any atom is -0.342 e. The number of nitrogens with zero attached hydrogens (tertiary/aromatic N) is 4. The molecule has 2 aliphatic rings. The summed E-state index contributed by atoms with van der Waals surface area (Å²) in [6.45, 7) is 5.66. The summed E-state index contributed by atoms with van der Waals surface area (Å²) in [6.07, 6.45) is 4.30. The Kier molecular flexibility index (Phi) is 3.88. The van der Waals surface area contributed by atoms with Crippen LogP contribution in [0.2, 0.25) is 0 Å². The molecule has 0 radical (unpaired) electrons. The van der Waals surface area contributed by atoms with Crippen LogP contribution in [0, 0.1) is 6.92 Å². The Morgan fingerprint density at radius 2 is 2.29 bits per heavy atom. The first-order chi connectivity index (χ1) is 11.5. The van der Waals surface area contributed by atoms with Crippen molar-refractivity contribution in [2.45, 2.75) is 51.6 Å². The summed E-state index contributed by atoms with van der Waals surface area (Å²) < 4.78 is 5.14. The van der Waals surface area contributed by atoms with Crippen molar-refractivity contribution in [1.82, 2.24) is 25.3 Å². The third-order valence-corrected chi connectivity index (χ3v) is 5.86. The molecule has 1 saturated heterocycles. The Bertz CT molecular complexity index is 749. The molecule has 24 heavy (non-hydrogen) atoms. The van der Waals surface area contributed by atoms with E-state index in [9.17, 15) is 4.79 Å². The van der Waals surface area contributed by atoms with Crippen LogP contribution in [0.15, 0.2) is 4.52 Å². The minimum absolute atomic E-state index is 0.0764. The van der Waals surface area contributed by atoms with Gasteiger partial charge in [0.1, 0.15) is 10.5 Å². The van der Waals surface area contributed by atoms with Crippen LogP contribution in [0.3, 0.4) is 0 Å². The van der Waals surface area contributed by atoms with Crippen molar-refractivity contribution in [3.8, 4) is 0 Å². The Morgan fingerprint density at radius 1 is 1.42 bits per heavy atom. The van der Waals surface area contributed by atoms with Crippen molar-refractivity contribution in [3.63, 3.8) is 0 Å². The number of hydrogen-bond acceptors (Lipinski definition) is 7. The van der Waals surface area contributed by atoms with Gasteiger partial charge >= 0.3 is 0 Å². The van der Waals surface area contributed by atoms with E-state index in [4.69, 9.17) is 9.51 Å². The van der Waals surface area contributed by atoms with Crippen molar-refractivity contribution in [2.24, 2.45) is 0 Å². The number of fused-ring (bicyclic) bond motifs is 1. The summed E-state index contributed by atoms with van der Waals surface area (Å²) >= 11 is 1.83. The van der Waals surface area contributed by atoms with Crippen LogP contribution in [0.1, 0.15) is 47.1 Å². The maximum Gasteiger partial charge on any atom is 0.223 e. The number of carbonyl (C=O) groups is 1. The summed E-state index contributed by atoms with van der Waals surface area (Å²) in [5.41, 5.74) is 0.722. The Hall–Kier alpha value is -1.80. The van der Waals surface area contributed by atoms with Crippen LogP contribution in [0.5, 0.6) is 0 Å². The van der Waals surface area contributed by atoms with Gasteiger partial charge in [0.2, 0.25) is 11.8 Å². The summed E-state index contributed by atoms with van der Waals surface area (Å²) in [4.78, 5) is 24.6. The van der Waals surface area contributed by atoms with Gasteiger partial charge in [0.05, 0.1) is 12.2 Å². The van der Waals surface area contributed by atoms with Gasteiger partial charge in [0.25, 0.3) is 0 Å². The fourth-order valence-corrected chi connectivity index (χ4v) is 4.90. The molecule has 1 amide bonds. The molecule has 1 aliphatic heterocycles. The van der Waals surface area contributed by atoms with Gasteiger partial charge < -0.3 is 9.84 Å². The highest BCUT2D eigenvalue weighted by atomic mass is 32.1. The van der Waals surface area contributed by atoms with Crippen LogP contribution >= 0.6 is 11.3 Å². The molecule has 0 aromatic carbocycles. The normalized spacial score (nSPS) is 23.6. The lowest BCUT2D eigenvalue weighted by Crippen LogP contribution is -2.47. The van der Waals surface area contributed by atoms with E-state index in [0.717, 1.165) is 25.9 Å². The third kappa shape index (κ3) is 2.84.